The summed E-state index contributed by atoms with van der Waals surface area (Å²) in [7, 11) is 0. The van der Waals surface area contributed by atoms with Crippen molar-refractivity contribution in [2.45, 2.75) is 6.92 Å². The van der Waals surface area contributed by atoms with Gasteiger partial charge in [-0.25, -0.2) is 18.4 Å². The quantitative estimate of drug-likeness (QED) is 0.169. The van der Waals surface area contributed by atoms with Gasteiger partial charge in [0.05, 0.1) is 0 Å². The summed E-state index contributed by atoms with van der Waals surface area (Å²) in [5, 5.41) is 0. The van der Waals surface area contributed by atoms with Gasteiger partial charge in [-0.1, -0.05) is 43.5 Å². The molecule has 3 rings (SSSR count). The standard InChI is InChI=1S/C27H20F2O5/c1-4-26(30)34-25-12-9-20(15-24(25)29)18-5-7-19(8-6-18)22-11-10-21(16-23(22)28)32-13-14-33-27(31)17(2)3/h4-16H,1-2H2,3H3/b14-13-. The first-order chi connectivity index (χ1) is 16.3. The highest BCUT2D eigenvalue weighted by Crippen LogP contribution is 2.30. The third kappa shape index (κ3) is 6.04. The highest BCUT2D eigenvalue weighted by molar-refractivity contribution is 5.87. The van der Waals surface area contributed by atoms with Crippen LogP contribution in [0, 0.1) is 11.6 Å². The van der Waals surface area contributed by atoms with E-state index in [1.807, 2.05) is 0 Å². The molecule has 0 unspecified atom stereocenters. The molecular formula is C27H20F2O5. The van der Waals surface area contributed by atoms with Crippen molar-refractivity contribution in [1.29, 1.82) is 0 Å². The Labute approximate surface area is 195 Å². The smallest absolute Gasteiger partial charge is 0.338 e. The van der Waals surface area contributed by atoms with Crippen molar-refractivity contribution >= 4 is 11.9 Å². The second kappa shape index (κ2) is 10.9. The minimum Gasteiger partial charge on any atom is -0.462 e. The maximum Gasteiger partial charge on any atom is 0.338 e. The van der Waals surface area contributed by atoms with Gasteiger partial charge in [-0.3, -0.25) is 0 Å². The maximum absolute atomic E-state index is 14.6. The summed E-state index contributed by atoms with van der Waals surface area (Å²) in [5.41, 5.74) is 2.44. The molecule has 34 heavy (non-hydrogen) atoms. The second-order valence-corrected chi connectivity index (χ2v) is 7.07. The van der Waals surface area contributed by atoms with Gasteiger partial charge in [0, 0.05) is 23.3 Å². The first-order valence-electron chi connectivity index (χ1n) is 10.0. The summed E-state index contributed by atoms with van der Waals surface area (Å²) in [5.74, 6) is -2.54. The Morgan fingerprint density at radius 2 is 1.53 bits per heavy atom. The van der Waals surface area contributed by atoms with Crippen LogP contribution in [0.15, 0.2) is 98.0 Å². The number of esters is 2. The van der Waals surface area contributed by atoms with E-state index < -0.39 is 23.6 Å². The first kappa shape index (κ1) is 24.1. The minimum atomic E-state index is -0.753. The molecular weight excluding hydrogens is 442 g/mol. The molecule has 0 saturated heterocycles. The number of carbonyl (C=O) groups is 2. The van der Waals surface area contributed by atoms with Crippen LogP contribution >= 0.6 is 0 Å². The van der Waals surface area contributed by atoms with Crippen molar-refractivity contribution in [3.05, 3.63) is 110 Å². The predicted molar refractivity (Wildman–Crippen MR) is 124 cm³/mol. The third-order valence-electron chi connectivity index (χ3n) is 4.56. The Balaban J connectivity index is 1.71. The van der Waals surface area contributed by atoms with Crippen LogP contribution < -0.4 is 9.47 Å². The van der Waals surface area contributed by atoms with Crippen LogP contribution in [0.4, 0.5) is 8.78 Å². The normalized spacial score (nSPS) is 10.6. The monoisotopic (exact) mass is 462 g/mol. The van der Waals surface area contributed by atoms with E-state index in [-0.39, 0.29) is 17.1 Å². The van der Waals surface area contributed by atoms with Gasteiger partial charge >= 0.3 is 11.9 Å². The van der Waals surface area contributed by atoms with Gasteiger partial charge < -0.3 is 14.2 Å². The number of rotatable bonds is 8. The molecule has 0 aliphatic heterocycles. The number of benzene rings is 3. The lowest BCUT2D eigenvalue weighted by Crippen LogP contribution is -2.04. The number of hydrogen-bond donors (Lipinski definition) is 0. The lowest BCUT2D eigenvalue weighted by atomic mass is 10.00. The van der Waals surface area contributed by atoms with Gasteiger partial charge in [0.25, 0.3) is 0 Å². The van der Waals surface area contributed by atoms with E-state index in [1.54, 1.807) is 42.5 Å². The van der Waals surface area contributed by atoms with E-state index in [2.05, 4.69) is 13.2 Å². The van der Waals surface area contributed by atoms with E-state index in [9.17, 15) is 18.4 Å². The van der Waals surface area contributed by atoms with E-state index in [4.69, 9.17) is 14.2 Å². The summed E-state index contributed by atoms with van der Waals surface area (Å²) in [4.78, 5) is 22.5. The minimum absolute atomic E-state index is 0.196. The Kier molecular flexibility index (Phi) is 7.71. The largest absolute Gasteiger partial charge is 0.462 e. The Morgan fingerprint density at radius 1 is 0.853 bits per heavy atom. The lowest BCUT2D eigenvalue weighted by Gasteiger charge is -2.09. The highest BCUT2D eigenvalue weighted by Gasteiger charge is 2.11. The van der Waals surface area contributed by atoms with Gasteiger partial charge in [-0.2, -0.15) is 0 Å². The van der Waals surface area contributed by atoms with Crippen LogP contribution in [0.2, 0.25) is 0 Å². The fraction of sp³-hybridized carbons (Fsp3) is 0.0370. The van der Waals surface area contributed by atoms with Crippen molar-refractivity contribution in [2.75, 3.05) is 0 Å². The molecule has 0 radical (unpaired) electrons. The summed E-state index contributed by atoms with van der Waals surface area (Å²) in [6.45, 7) is 8.23. The van der Waals surface area contributed by atoms with Gasteiger partial charge in [-0.05, 0) is 47.9 Å². The van der Waals surface area contributed by atoms with Gasteiger partial charge in [0.2, 0.25) is 0 Å². The molecule has 172 valence electrons. The van der Waals surface area contributed by atoms with E-state index in [0.29, 0.717) is 22.3 Å². The molecule has 0 N–H and O–H groups in total. The predicted octanol–water partition coefficient (Wildman–Crippen LogP) is 6.36. The number of hydrogen-bond acceptors (Lipinski definition) is 5. The van der Waals surface area contributed by atoms with Crippen LogP contribution in [0.25, 0.3) is 22.3 Å². The zero-order chi connectivity index (χ0) is 24.7. The van der Waals surface area contributed by atoms with Crippen LogP contribution in [0.1, 0.15) is 6.92 Å². The van der Waals surface area contributed by atoms with Crippen molar-refractivity contribution in [1.82, 2.24) is 0 Å². The average molecular weight is 462 g/mol. The zero-order valence-corrected chi connectivity index (χ0v) is 18.2. The van der Waals surface area contributed by atoms with Crippen molar-refractivity contribution in [2.24, 2.45) is 0 Å². The molecule has 0 fully saturated rings. The topological polar surface area (TPSA) is 61.8 Å². The fourth-order valence-corrected chi connectivity index (χ4v) is 2.86. The van der Waals surface area contributed by atoms with Crippen LogP contribution in [0.3, 0.4) is 0 Å². The van der Waals surface area contributed by atoms with Gasteiger partial charge in [-0.15, -0.1) is 0 Å². The molecule has 0 aromatic heterocycles. The van der Waals surface area contributed by atoms with Crippen molar-refractivity contribution < 1.29 is 32.6 Å². The van der Waals surface area contributed by atoms with Gasteiger partial charge in [0.1, 0.15) is 24.1 Å². The SMILES string of the molecule is C=CC(=O)Oc1ccc(-c2ccc(-c3ccc(O/C=C\OC(=O)C(=C)C)cc3F)cc2)cc1F. The van der Waals surface area contributed by atoms with Crippen LogP contribution in [-0.4, -0.2) is 11.9 Å². The summed E-state index contributed by atoms with van der Waals surface area (Å²) >= 11 is 0. The molecule has 0 atom stereocenters. The Hall–Kier alpha value is -4.52. The summed E-state index contributed by atoms with van der Waals surface area (Å²) in [6, 6.07) is 15.4. The number of ether oxygens (including phenoxy) is 3. The molecule has 0 heterocycles. The molecule has 0 saturated carbocycles. The molecule has 0 amide bonds. The van der Waals surface area contributed by atoms with Crippen molar-refractivity contribution in [3.63, 3.8) is 0 Å². The summed E-state index contributed by atoms with van der Waals surface area (Å²) in [6.07, 6.45) is 3.11. The van der Waals surface area contributed by atoms with E-state index >= 15 is 0 Å². The highest BCUT2D eigenvalue weighted by atomic mass is 19.1. The Bertz CT molecular complexity index is 1280. The molecule has 0 aliphatic carbocycles. The molecule has 0 bridgehead atoms. The summed E-state index contributed by atoms with van der Waals surface area (Å²) < 4.78 is 43.7. The maximum atomic E-state index is 14.6. The van der Waals surface area contributed by atoms with E-state index in [0.717, 1.165) is 18.6 Å². The fourth-order valence-electron chi connectivity index (χ4n) is 2.86. The lowest BCUT2D eigenvalue weighted by molar-refractivity contribution is -0.133. The molecule has 3 aromatic rings. The second-order valence-electron chi connectivity index (χ2n) is 7.07. The van der Waals surface area contributed by atoms with E-state index in [1.165, 1.54) is 25.1 Å². The van der Waals surface area contributed by atoms with Crippen molar-refractivity contribution in [3.8, 4) is 33.8 Å². The molecule has 3 aromatic carbocycles. The molecule has 7 heteroatoms. The number of carbonyl (C=O) groups excluding carboxylic acids is 2. The van der Waals surface area contributed by atoms with Gasteiger partial charge in [0.15, 0.2) is 11.6 Å². The molecule has 0 aliphatic rings. The first-order valence-corrected chi connectivity index (χ1v) is 10.0. The third-order valence-corrected chi connectivity index (χ3v) is 4.56. The molecule has 0 spiro atoms. The number of halogens is 2. The average Bonchev–Trinajstić information content (AvgIpc) is 2.83. The zero-order valence-electron chi connectivity index (χ0n) is 18.2. The van der Waals surface area contributed by atoms with Crippen LogP contribution in [-0.2, 0) is 14.3 Å². The molecule has 5 nitrogen and oxygen atoms in total. The van der Waals surface area contributed by atoms with Crippen LogP contribution in [0.5, 0.6) is 11.5 Å². The Morgan fingerprint density at radius 3 is 2.15 bits per heavy atom.